The SMILES string of the molecule is CCC1CCCC1(CN)NN1CCN(C)CC1. The van der Waals surface area contributed by atoms with Crippen molar-refractivity contribution >= 4 is 0 Å². The average Bonchev–Trinajstić information content (AvgIpc) is 2.75. The lowest BCUT2D eigenvalue weighted by molar-refractivity contribution is 0.0386. The van der Waals surface area contributed by atoms with Gasteiger partial charge in [0.15, 0.2) is 0 Å². The van der Waals surface area contributed by atoms with E-state index in [2.05, 4.69) is 29.3 Å². The van der Waals surface area contributed by atoms with Gasteiger partial charge < -0.3 is 10.6 Å². The van der Waals surface area contributed by atoms with Gasteiger partial charge in [-0.2, -0.15) is 0 Å². The normalized spacial score (nSPS) is 36.5. The van der Waals surface area contributed by atoms with Crippen LogP contribution < -0.4 is 11.2 Å². The summed E-state index contributed by atoms with van der Waals surface area (Å²) in [6.45, 7) is 7.63. The Labute approximate surface area is 105 Å². The first-order valence-corrected chi connectivity index (χ1v) is 7.11. The molecule has 0 bridgehead atoms. The van der Waals surface area contributed by atoms with Crippen LogP contribution in [0, 0.1) is 5.92 Å². The summed E-state index contributed by atoms with van der Waals surface area (Å²) in [6, 6.07) is 0. The zero-order valence-corrected chi connectivity index (χ0v) is 11.4. The summed E-state index contributed by atoms with van der Waals surface area (Å²) in [5.41, 5.74) is 10.0. The van der Waals surface area contributed by atoms with Crippen molar-refractivity contribution in [2.75, 3.05) is 39.8 Å². The van der Waals surface area contributed by atoms with Crippen LogP contribution in [-0.4, -0.2) is 55.2 Å². The third-order valence-electron chi connectivity index (χ3n) is 4.70. The van der Waals surface area contributed by atoms with E-state index in [0.717, 1.165) is 38.6 Å². The Hall–Kier alpha value is -0.160. The van der Waals surface area contributed by atoms with Gasteiger partial charge in [-0.3, -0.25) is 0 Å². The minimum Gasteiger partial charge on any atom is -0.329 e. The fourth-order valence-corrected chi connectivity index (χ4v) is 3.43. The molecule has 2 aliphatic rings. The highest BCUT2D eigenvalue weighted by molar-refractivity contribution is 4.99. The summed E-state index contributed by atoms with van der Waals surface area (Å²) in [5.74, 6) is 0.757. The second-order valence-corrected chi connectivity index (χ2v) is 5.76. The second-order valence-electron chi connectivity index (χ2n) is 5.76. The van der Waals surface area contributed by atoms with Crippen LogP contribution >= 0.6 is 0 Å². The molecule has 0 radical (unpaired) electrons. The fourth-order valence-electron chi connectivity index (χ4n) is 3.43. The van der Waals surface area contributed by atoms with E-state index >= 15 is 0 Å². The molecule has 0 aromatic carbocycles. The zero-order valence-electron chi connectivity index (χ0n) is 11.4. The Morgan fingerprint density at radius 2 is 2.00 bits per heavy atom. The Morgan fingerprint density at radius 1 is 1.29 bits per heavy atom. The number of piperazine rings is 1. The van der Waals surface area contributed by atoms with Crippen LogP contribution in [0.1, 0.15) is 32.6 Å². The molecule has 3 N–H and O–H groups in total. The predicted octanol–water partition coefficient (Wildman–Crippen LogP) is 0.646. The van der Waals surface area contributed by atoms with Crippen LogP contribution in [0.4, 0.5) is 0 Å². The van der Waals surface area contributed by atoms with E-state index in [-0.39, 0.29) is 5.54 Å². The predicted molar refractivity (Wildman–Crippen MR) is 71.6 cm³/mol. The largest absolute Gasteiger partial charge is 0.329 e. The minimum absolute atomic E-state index is 0.185. The number of likely N-dealkylation sites (N-methyl/N-ethyl adjacent to an activating group) is 1. The van der Waals surface area contributed by atoms with Crippen LogP contribution in [0.25, 0.3) is 0 Å². The summed E-state index contributed by atoms with van der Waals surface area (Å²) in [7, 11) is 2.19. The molecule has 1 saturated heterocycles. The van der Waals surface area contributed by atoms with Gasteiger partial charge in [-0.25, -0.2) is 10.4 Å². The maximum atomic E-state index is 6.08. The molecule has 2 rings (SSSR count). The fraction of sp³-hybridized carbons (Fsp3) is 1.00. The van der Waals surface area contributed by atoms with Gasteiger partial charge in [0, 0.05) is 38.3 Å². The number of rotatable bonds is 4. The molecule has 0 amide bonds. The zero-order chi connectivity index (χ0) is 12.3. The lowest BCUT2D eigenvalue weighted by Crippen LogP contribution is -2.63. The molecule has 0 aromatic heterocycles. The quantitative estimate of drug-likeness (QED) is 0.757. The lowest BCUT2D eigenvalue weighted by atomic mass is 9.86. The molecule has 2 unspecified atom stereocenters. The summed E-state index contributed by atoms with van der Waals surface area (Å²) < 4.78 is 0. The number of hydrazine groups is 1. The van der Waals surface area contributed by atoms with E-state index in [9.17, 15) is 0 Å². The molecule has 1 saturated carbocycles. The van der Waals surface area contributed by atoms with Crippen molar-refractivity contribution in [3.63, 3.8) is 0 Å². The Morgan fingerprint density at radius 3 is 2.59 bits per heavy atom. The van der Waals surface area contributed by atoms with Crippen LogP contribution in [0.2, 0.25) is 0 Å². The van der Waals surface area contributed by atoms with E-state index in [1.807, 2.05) is 0 Å². The molecule has 1 heterocycles. The molecule has 1 aliphatic carbocycles. The van der Waals surface area contributed by atoms with Crippen LogP contribution in [0.15, 0.2) is 0 Å². The van der Waals surface area contributed by atoms with E-state index in [4.69, 9.17) is 5.73 Å². The van der Waals surface area contributed by atoms with Gasteiger partial charge in [0.1, 0.15) is 0 Å². The first kappa shape index (κ1) is 13.3. The molecule has 0 spiro atoms. The Balaban J connectivity index is 1.94. The van der Waals surface area contributed by atoms with Crippen molar-refractivity contribution in [2.24, 2.45) is 11.7 Å². The van der Waals surface area contributed by atoms with Crippen molar-refractivity contribution < 1.29 is 0 Å². The standard InChI is InChI=1S/C13H28N4/c1-3-12-5-4-6-13(12,11-14)15-17-9-7-16(2)8-10-17/h12,15H,3-11,14H2,1-2H3. The molecule has 2 fully saturated rings. The maximum Gasteiger partial charge on any atom is 0.0476 e. The number of hydrogen-bond donors (Lipinski definition) is 2. The third-order valence-corrected chi connectivity index (χ3v) is 4.70. The molecule has 0 aromatic rings. The summed E-state index contributed by atoms with van der Waals surface area (Å²) in [6.07, 6.45) is 5.16. The lowest BCUT2D eigenvalue weighted by Gasteiger charge is -2.43. The van der Waals surface area contributed by atoms with Gasteiger partial charge in [-0.15, -0.1) is 0 Å². The first-order chi connectivity index (χ1) is 8.20. The highest BCUT2D eigenvalue weighted by Gasteiger charge is 2.41. The van der Waals surface area contributed by atoms with Gasteiger partial charge in [-0.05, 0) is 25.8 Å². The van der Waals surface area contributed by atoms with Crippen molar-refractivity contribution in [2.45, 2.75) is 38.1 Å². The third kappa shape index (κ3) is 2.81. The molecule has 1 aliphatic heterocycles. The van der Waals surface area contributed by atoms with E-state index < -0.39 is 0 Å². The van der Waals surface area contributed by atoms with Crippen molar-refractivity contribution in [1.82, 2.24) is 15.3 Å². The van der Waals surface area contributed by atoms with Crippen LogP contribution in [0.3, 0.4) is 0 Å². The molecule has 100 valence electrons. The number of nitrogens with two attached hydrogens (primary N) is 1. The van der Waals surface area contributed by atoms with E-state index in [1.54, 1.807) is 0 Å². The molecule has 4 nitrogen and oxygen atoms in total. The highest BCUT2D eigenvalue weighted by atomic mass is 15.6. The van der Waals surface area contributed by atoms with Gasteiger partial charge in [0.2, 0.25) is 0 Å². The Kier molecular flexibility index (Phi) is 4.42. The molecular weight excluding hydrogens is 212 g/mol. The highest BCUT2D eigenvalue weighted by Crippen LogP contribution is 2.37. The van der Waals surface area contributed by atoms with Crippen molar-refractivity contribution in [1.29, 1.82) is 0 Å². The Bertz CT molecular complexity index is 238. The molecule has 4 heteroatoms. The van der Waals surface area contributed by atoms with Gasteiger partial charge in [0.05, 0.1) is 0 Å². The van der Waals surface area contributed by atoms with E-state index in [1.165, 1.54) is 25.7 Å². The van der Waals surface area contributed by atoms with Crippen molar-refractivity contribution in [3.8, 4) is 0 Å². The average molecular weight is 240 g/mol. The summed E-state index contributed by atoms with van der Waals surface area (Å²) in [5, 5.41) is 2.40. The first-order valence-electron chi connectivity index (χ1n) is 7.11. The van der Waals surface area contributed by atoms with Gasteiger partial charge in [-0.1, -0.05) is 19.8 Å². The van der Waals surface area contributed by atoms with Gasteiger partial charge >= 0.3 is 0 Å². The molecule has 17 heavy (non-hydrogen) atoms. The number of nitrogens with zero attached hydrogens (tertiary/aromatic N) is 2. The van der Waals surface area contributed by atoms with Crippen molar-refractivity contribution in [3.05, 3.63) is 0 Å². The van der Waals surface area contributed by atoms with Gasteiger partial charge in [0.25, 0.3) is 0 Å². The second kappa shape index (κ2) is 5.65. The molecule has 2 atom stereocenters. The monoisotopic (exact) mass is 240 g/mol. The summed E-state index contributed by atoms with van der Waals surface area (Å²) in [4.78, 5) is 2.39. The topological polar surface area (TPSA) is 44.5 Å². The van der Waals surface area contributed by atoms with Crippen LogP contribution in [-0.2, 0) is 0 Å². The van der Waals surface area contributed by atoms with E-state index in [0.29, 0.717) is 0 Å². The summed E-state index contributed by atoms with van der Waals surface area (Å²) >= 11 is 0. The molecular formula is C13H28N4. The van der Waals surface area contributed by atoms with Crippen LogP contribution in [0.5, 0.6) is 0 Å². The number of nitrogens with one attached hydrogen (secondary N) is 1. The maximum absolute atomic E-state index is 6.08. The minimum atomic E-state index is 0.185. The smallest absolute Gasteiger partial charge is 0.0476 e. The number of hydrogen-bond acceptors (Lipinski definition) is 4.